The van der Waals surface area contributed by atoms with E-state index in [2.05, 4.69) is 15.5 Å². The van der Waals surface area contributed by atoms with Crippen LogP contribution in [0.3, 0.4) is 0 Å². The Morgan fingerprint density at radius 3 is 2.21 bits per heavy atom. The number of carbonyl (C=O) groups is 1. The fourth-order valence-electron chi connectivity index (χ4n) is 3.25. The molecule has 0 aliphatic carbocycles. The van der Waals surface area contributed by atoms with Gasteiger partial charge in [-0.05, 0) is 50.2 Å². The molecule has 2 aromatic carbocycles. The van der Waals surface area contributed by atoms with E-state index in [-0.39, 0.29) is 11.2 Å². The molecule has 3 rings (SSSR count). The molecule has 10 heteroatoms. The van der Waals surface area contributed by atoms with Crippen LogP contribution < -0.4 is 24.3 Å². The molecule has 0 saturated heterocycles. The third-order valence-corrected chi connectivity index (χ3v) is 5.90. The standard InChI is InChI=1S/C23H28N4O5S/c1-7-32-17-10-8-16(9-11-17)27-21(25-26-23(27)33-14(2)22(28)24-3)15-12-18(29-4)20(31-6)19(13-15)30-5/h8-14H,7H2,1-6H3,(H,24,28). The minimum atomic E-state index is -0.367. The highest BCUT2D eigenvalue weighted by molar-refractivity contribution is 8.00. The molecule has 0 radical (unpaired) electrons. The third-order valence-electron chi connectivity index (χ3n) is 4.86. The number of methoxy groups -OCH3 is 3. The Kier molecular flexibility index (Phi) is 8.05. The molecule has 1 amide bonds. The SMILES string of the molecule is CCOc1ccc(-n2c(SC(C)C(=O)NC)nnc2-c2cc(OC)c(OC)c(OC)c2)cc1. The summed E-state index contributed by atoms with van der Waals surface area (Å²) in [4.78, 5) is 12.1. The van der Waals surface area contributed by atoms with Gasteiger partial charge in [0.05, 0.1) is 33.2 Å². The summed E-state index contributed by atoms with van der Waals surface area (Å²) >= 11 is 1.31. The van der Waals surface area contributed by atoms with Crippen molar-refractivity contribution in [1.29, 1.82) is 0 Å². The fourth-order valence-corrected chi connectivity index (χ4v) is 4.18. The summed E-state index contributed by atoms with van der Waals surface area (Å²) < 4.78 is 23.9. The van der Waals surface area contributed by atoms with Crippen molar-refractivity contribution in [2.75, 3.05) is 35.0 Å². The lowest BCUT2D eigenvalue weighted by Crippen LogP contribution is -2.27. The zero-order chi connectivity index (χ0) is 24.0. The maximum atomic E-state index is 12.1. The Hall–Kier alpha value is -3.40. The Labute approximate surface area is 197 Å². The first-order valence-electron chi connectivity index (χ1n) is 10.3. The molecular formula is C23H28N4O5S. The van der Waals surface area contributed by atoms with Gasteiger partial charge in [-0.1, -0.05) is 11.8 Å². The molecule has 0 bridgehead atoms. The highest BCUT2D eigenvalue weighted by Crippen LogP contribution is 2.42. The van der Waals surface area contributed by atoms with Crippen molar-refractivity contribution in [3.63, 3.8) is 0 Å². The highest BCUT2D eigenvalue weighted by Gasteiger charge is 2.23. The molecular weight excluding hydrogens is 444 g/mol. The fraction of sp³-hybridized carbons (Fsp3) is 0.348. The van der Waals surface area contributed by atoms with Crippen molar-refractivity contribution in [3.05, 3.63) is 36.4 Å². The number of benzene rings is 2. The highest BCUT2D eigenvalue weighted by atomic mass is 32.2. The van der Waals surface area contributed by atoms with Crippen molar-refractivity contribution in [3.8, 4) is 40.1 Å². The number of hydrogen-bond donors (Lipinski definition) is 1. The molecule has 1 N–H and O–H groups in total. The van der Waals surface area contributed by atoms with Gasteiger partial charge in [0.15, 0.2) is 22.5 Å². The Morgan fingerprint density at radius 2 is 1.70 bits per heavy atom. The van der Waals surface area contributed by atoms with Crippen LogP contribution in [0.15, 0.2) is 41.6 Å². The van der Waals surface area contributed by atoms with E-state index in [4.69, 9.17) is 18.9 Å². The molecule has 1 atom stereocenters. The van der Waals surface area contributed by atoms with E-state index in [0.29, 0.717) is 40.4 Å². The second kappa shape index (κ2) is 11.0. The van der Waals surface area contributed by atoms with Crippen LogP contribution in [0.4, 0.5) is 0 Å². The number of ether oxygens (including phenoxy) is 4. The van der Waals surface area contributed by atoms with Crippen molar-refractivity contribution >= 4 is 17.7 Å². The number of nitrogens with zero attached hydrogens (tertiary/aromatic N) is 3. The van der Waals surface area contributed by atoms with Crippen LogP contribution in [0.25, 0.3) is 17.1 Å². The van der Waals surface area contributed by atoms with Gasteiger partial charge in [-0.3, -0.25) is 9.36 Å². The molecule has 33 heavy (non-hydrogen) atoms. The number of hydrogen-bond acceptors (Lipinski definition) is 8. The third kappa shape index (κ3) is 5.16. The predicted octanol–water partition coefficient (Wildman–Crippen LogP) is 3.59. The molecule has 176 valence electrons. The maximum Gasteiger partial charge on any atom is 0.233 e. The molecule has 0 fully saturated rings. The van der Waals surface area contributed by atoms with E-state index < -0.39 is 0 Å². The zero-order valence-corrected chi connectivity index (χ0v) is 20.4. The normalized spacial score (nSPS) is 11.6. The molecule has 1 heterocycles. The predicted molar refractivity (Wildman–Crippen MR) is 127 cm³/mol. The first-order chi connectivity index (χ1) is 16.0. The summed E-state index contributed by atoms with van der Waals surface area (Å²) in [7, 11) is 6.28. The van der Waals surface area contributed by atoms with E-state index in [0.717, 1.165) is 11.4 Å². The molecule has 0 spiro atoms. The second-order valence-electron chi connectivity index (χ2n) is 6.86. The smallest absolute Gasteiger partial charge is 0.233 e. The topological polar surface area (TPSA) is 96.7 Å². The Morgan fingerprint density at radius 1 is 1.06 bits per heavy atom. The van der Waals surface area contributed by atoms with Crippen LogP contribution in [-0.4, -0.2) is 60.9 Å². The van der Waals surface area contributed by atoms with Gasteiger partial charge >= 0.3 is 0 Å². The average Bonchev–Trinajstić information content (AvgIpc) is 3.26. The quantitative estimate of drug-likeness (QED) is 0.447. The average molecular weight is 473 g/mol. The maximum absolute atomic E-state index is 12.1. The number of aromatic nitrogens is 3. The molecule has 9 nitrogen and oxygen atoms in total. The lowest BCUT2D eigenvalue weighted by Gasteiger charge is -2.16. The van der Waals surface area contributed by atoms with Gasteiger partial charge in [0.1, 0.15) is 5.75 Å². The first-order valence-corrected chi connectivity index (χ1v) is 11.2. The summed E-state index contributed by atoms with van der Waals surface area (Å²) in [6.45, 7) is 4.33. The van der Waals surface area contributed by atoms with Crippen LogP contribution in [0.1, 0.15) is 13.8 Å². The van der Waals surface area contributed by atoms with E-state index in [1.807, 2.05) is 54.8 Å². The zero-order valence-electron chi connectivity index (χ0n) is 19.5. The van der Waals surface area contributed by atoms with Crippen LogP contribution in [0.5, 0.6) is 23.0 Å². The van der Waals surface area contributed by atoms with Crippen molar-refractivity contribution in [2.45, 2.75) is 24.3 Å². The number of nitrogens with one attached hydrogen (secondary N) is 1. The molecule has 1 aromatic heterocycles. The number of thioether (sulfide) groups is 1. The minimum Gasteiger partial charge on any atom is -0.494 e. The summed E-state index contributed by atoms with van der Waals surface area (Å²) in [6, 6.07) is 11.2. The van der Waals surface area contributed by atoms with Crippen LogP contribution in [-0.2, 0) is 4.79 Å². The lowest BCUT2D eigenvalue weighted by molar-refractivity contribution is -0.119. The van der Waals surface area contributed by atoms with E-state index in [1.165, 1.54) is 11.8 Å². The molecule has 0 aliphatic rings. The summed E-state index contributed by atoms with van der Waals surface area (Å²) in [5, 5.41) is 11.7. The summed E-state index contributed by atoms with van der Waals surface area (Å²) in [5.74, 6) is 2.71. The van der Waals surface area contributed by atoms with Gasteiger partial charge in [0, 0.05) is 18.3 Å². The molecule has 0 aliphatic heterocycles. The van der Waals surface area contributed by atoms with Gasteiger partial charge in [-0.2, -0.15) is 0 Å². The minimum absolute atomic E-state index is 0.101. The van der Waals surface area contributed by atoms with Gasteiger partial charge in [0.2, 0.25) is 11.7 Å². The molecule has 3 aromatic rings. The number of carbonyl (C=O) groups excluding carboxylic acids is 1. The summed E-state index contributed by atoms with van der Waals surface area (Å²) in [5.41, 5.74) is 1.53. The van der Waals surface area contributed by atoms with Crippen molar-refractivity contribution in [1.82, 2.24) is 20.1 Å². The van der Waals surface area contributed by atoms with Crippen molar-refractivity contribution in [2.24, 2.45) is 0 Å². The Balaban J connectivity index is 2.17. The largest absolute Gasteiger partial charge is 0.494 e. The lowest BCUT2D eigenvalue weighted by atomic mass is 10.1. The van der Waals surface area contributed by atoms with Crippen LogP contribution in [0, 0.1) is 0 Å². The van der Waals surface area contributed by atoms with Gasteiger partial charge in [-0.15, -0.1) is 10.2 Å². The molecule has 0 saturated carbocycles. The first kappa shape index (κ1) is 24.2. The number of amides is 1. The van der Waals surface area contributed by atoms with E-state index in [9.17, 15) is 4.79 Å². The van der Waals surface area contributed by atoms with Gasteiger partial charge in [0.25, 0.3) is 0 Å². The summed E-state index contributed by atoms with van der Waals surface area (Å²) in [6.07, 6.45) is 0. The van der Waals surface area contributed by atoms with Crippen LogP contribution in [0.2, 0.25) is 0 Å². The van der Waals surface area contributed by atoms with Crippen LogP contribution >= 0.6 is 11.8 Å². The molecule has 1 unspecified atom stereocenters. The van der Waals surface area contributed by atoms with Gasteiger partial charge in [-0.25, -0.2) is 0 Å². The monoisotopic (exact) mass is 472 g/mol. The Bertz CT molecular complexity index is 1080. The van der Waals surface area contributed by atoms with Gasteiger partial charge < -0.3 is 24.3 Å². The van der Waals surface area contributed by atoms with E-state index >= 15 is 0 Å². The van der Waals surface area contributed by atoms with E-state index in [1.54, 1.807) is 28.4 Å². The number of rotatable bonds is 10. The second-order valence-corrected chi connectivity index (χ2v) is 8.16. The van der Waals surface area contributed by atoms with Crippen molar-refractivity contribution < 1.29 is 23.7 Å².